The van der Waals surface area contributed by atoms with E-state index in [0.29, 0.717) is 13.1 Å². The van der Waals surface area contributed by atoms with Crippen LogP contribution in [0.3, 0.4) is 0 Å². The first-order valence-corrected chi connectivity index (χ1v) is 6.58. The quantitative estimate of drug-likeness (QED) is 0.810. The van der Waals surface area contributed by atoms with Crippen LogP contribution < -0.4 is 5.32 Å². The van der Waals surface area contributed by atoms with Gasteiger partial charge in [-0.2, -0.15) is 0 Å². The van der Waals surface area contributed by atoms with Gasteiger partial charge >= 0.3 is 6.09 Å². The number of aromatic nitrogens is 2. The Morgan fingerprint density at radius 2 is 2.26 bits per heavy atom. The Bertz CT molecular complexity index is 450. The second kappa shape index (κ2) is 5.21. The summed E-state index contributed by atoms with van der Waals surface area (Å²) in [6, 6.07) is 0.0625. The van der Waals surface area contributed by atoms with Gasteiger partial charge in [0, 0.05) is 25.3 Å². The van der Waals surface area contributed by atoms with Gasteiger partial charge in [-0.05, 0) is 27.7 Å². The van der Waals surface area contributed by atoms with Crippen LogP contribution in [-0.2, 0) is 4.74 Å². The van der Waals surface area contributed by atoms with Crippen LogP contribution in [-0.4, -0.2) is 46.2 Å². The minimum absolute atomic E-state index is 0.0625. The highest BCUT2D eigenvalue weighted by atomic mass is 16.6. The van der Waals surface area contributed by atoms with Gasteiger partial charge < -0.3 is 19.9 Å². The molecule has 0 aromatic carbocycles. The van der Waals surface area contributed by atoms with Gasteiger partial charge in [0.15, 0.2) is 0 Å². The van der Waals surface area contributed by atoms with E-state index in [2.05, 4.69) is 15.3 Å². The molecule has 2 rings (SSSR count). The number of carbonyl (C=O) groups excluding carboxylic acids is 1. The monoisotopic (exact) mass is 266 g/mol. The molecule has 0 bridgehead atoms. The molecule has 6 nitrogen and oxygen atoms in total. The number of nitrogens with one attached hydrogen (secondary N) is 2. The van der Waals surface area contributed by atoms with Crippen molar-refractivity contribution in [2.75, 3.05) is 19.6 Å². The third kappa shape index (κ3) is 3.47. The number of amides is 1. The van der Waals surface area contributed by atoms with E-state index >= 15 is 0 Å². The fourth-order valence-corrected chi connectivity index (χ4v) is 2.15. The number of imidazole rings is 1. The van der Waals surface area contributed by atoms with Gasteiger partial charge in [0.05, 0.1) is 18.1 Å². The van der Waals surface area contributed by atoms with Gasteiger partial charge in [-0.1, -0.05) is 0 Å². The Labute approximate surface area is 113 Å². The van der Waals surface area contributed by atoms with Crippen LogP contribution in [0, 0.1) is 6.92 Å². The summed E-state index contributed by atoms with van der Waals surface area (Å²) in [5.74, 6) is 0. The first-order chi connectivity index (χ1) is 8.87. The SMILES string of the molecule is Cc1[nH]cnc1C1CN(C(=O)OC(C)(C)C)CCN1. The molecule has 2 heterocycles. The number of aryl methyl sites for hydroxylation is 1. The van der Waals surface area contributed by atoms with Crippen LogP contribution in [0.1, 0.15) is 38.2 Å². The number of carbonyl (C=O) groups is 1. The standard InChI is InChI=1S/C13H22N4O2/c1-9-11(16-8-15-9)10-7-17(6-5-14-10)12(18)19-13(2,3)4/h8,10,14H,5-7H2,1-4H3,(H,15,16). The van der Waals surface area contributed by atoms with Crippen molar-refractivity contribution in [3.63, 3.8) is 0 Å². The predicted molar refractivity (Wildman–Crippen MR) is 71.9 cm³/mol. The van der Waals surface area contributed by atoms with Crippen LogP contribution in [0.2, 0.25) is 0 Å². The van der Waals surface area contributed by atoms with Gasteiger partial charge in [0.1, 0.15) is 5.60 Å². The maximum Gasteiger partial charge on any atom is 0.410 e. The Kier molecular flexibility index (Phi) is 3.80. The van der Waals surface area contributed by atoms with E-state index in [1.807, 2.05) is 27.7 Å². The van der Waals surface area contributed by atoms with Gasteiger partial charge in [0.2, 0.25) is 0 Å². The maximum atomic E-state index is 12.1. The smallest absolute Gasteiger partial charge is 0.410 e. The molecule has 0 aliphatic carbocycles. The van der Waals surface area contributed by atoms with Crippen LogP contribution in [0.15, 0.2) is 6.33 Å². The molecule has 1 fully saturated rings. The van der Waals surface area contributed by atoms with Crippen LogP contribution >= 0.6 is 0 Å². The van der Waals surface area contributed by atoms with Crippen molar-refractivity contribution in [1.29, 1.82) is 0 Å². The predicted octanol–water partition coefficient (Wildman–Crippen LogP) is 1.60. The highest BCUT2D eigenvalue weighted by Crippen LogP contribution is 2.19. The van der Waals surface area contributed by atoms with Crippen molar-refractivity contribution in [2.24, 2.45) is 0 Å². The number of nitrogens with zero attached hydrogens (tertiary/aromatic N) is 2. The summed E-state index contributed by atoms with van der Waals surface area (Å²) in [5.41, 5.74) is 1.54. The molecule has 1 aliphatic rings. The molecule has 0 spiro atoms. The molecule has 1 amide bonds. The highest BCUT2D eigenvalue weighted by molar-refractivity contribution is 5.68. The van der Waals surface area contributed by atoms with E-state index in [9.17, 15) is 4.79 Å². The zero-order valence-corrected chi connectivity index (χ0v) is 12.0. The van der Waals surface area contributed by atoms with Gasteiger partial charge in [-0.25, -0.2) is 9.78 Å². The summed E-state index contributed by atoms with van der Waals surface area (Å²) in [7, 11) is 0. The molecule has 1 aromatic heterocycles. The van der Waals surface area contributed by atoms with Crippen molar-refractivity contribution >= 4 is 6.09 Å². The van der Waals surface area contributed by atoms with E-state index in [1.54, 1.807) is 11.2 Å². The molecule has 106 valence electrons. The van der Waals surface area contributed by atoms with Crippen molar-refractivity contribution in [1.82, 2.24) is 20.2 Å². The van der Waals surface area contributed by atoms with Crippen LogP contribution in [0.25, 0.3) is 0 Å². The zero-order chi connectivity index (χ0) is 14.0. The molecule has 6 heteroatoms. The molecule has 1 unspecified atom stereocenters. The van der Waals surface area contributed by atoms with Crippen LogP contribution in [0.4, 0.5) is 4.79 Å². The first-order valence-electron chi connectivity index (χ1n) is 6.58. The second-order valence-corrected chi connectivity index (χ2v) is 5.85. The van der Waals surface area contributed by atoms with E-state index in [0.717, 1.165) is 17.9 Å². The number of H-pyrrole nitrogens is 1. The molecule has 0 radical (unpaired) electrons. The van der Waals surface area contributed by atoms with Crippen molar-refractivity contribution in [3.05, 3.63) is 17.7 Å². The van der Waals surface area contributed by atoms with Gasteiger partial charge in [0.25, 0.3) is 0 Å². The first kappa shape index (κ1) is 13.9. The fourth-order valence-electron chi connectivity index (χ4n) is 2.15. The topological polar surface area (TPSA) is 70.2 Å². The Morgan fingerprint density at radius 1 is 1.53 bits per heavy atom. The summed E-state index contributed by atoms with van der Waals surface area (Å²) in [5, 5.41) is 3.38. The van der Waals surface area contributed by atoms with Gasteiger partial charge in [-0.15, -0.1) is 0 Å². The Hall–Kier alpha value is -1.56. The molecule has 19 heavy (non-hydrogen) atoms. The molecular weight excluding hydrogens is 244 g/mol. The third-order valence-electron chi connectivity index (χ3n) is 3.03. The molecule has 0 saturated carbocycles. The summed E-state index contributed by atoms with van der Waals surface area (Å²) >= 11 is 0. The van der Waals surface area contributed by atoms with Gasteiger partial charge in [-0.3, -0.25) is 0 Å². The zero-order valence-electron chi connectivity index (χ0n) is 12.0. The largest absolute Gasteiger partial charge is 0.444 e. The lowest BCUT2D eigenvalue weighted by atomic mass is 10.1. The number of piperazine rings is 1. The number of hydrogen-bond acceptors (Lipinski definition) is 4. The van der Waals surface area contributed by atoms with E-state index in [1.165, 1.54) is 0 Å². The lowest BCUT2D eigenvalue weighted by Crippen LogP contribution is -2.49. The normalized spacial score (nSPS) is 20.4. The maximum absolute atomic E-state index is 12.1. The number of rotatable bonds is 1. The highest BCUT2D eigenvalue weighted by Gasteiger charge is 2.29. The average molecular weight is 266 g/mol. The lowest BCUT2D eigenvalue weighted by Gasteiger charge is -2.34. The lowest BCUT2D eigenvalue weighted by molar-refractivity contribution is 0.0193. The Morgan fingerprint density at radius 3 is 2.84 bits per heavy atom. The third-order valence-corrected chi connectivity index (χ3v) is 3.03. The summed E-state index contributed by atoms with van der Waals surface area (Å²) < 4.78 is 5.40. The molecular formula is C13H22N4O2. The molecule has 1 aliphatic heterocycles. The summed E-state index contributed by atoms with van der Waals surface area (Å²) in [4.78, 5) is 21.2. The van der Waals surface area contributed by atoms with E-state index < -0.39 is 5.60 Å². The molecule has 2 N–H and O–H groups in total. The summed E-state index contributed by atoms with van der Waals surface area (Å²) in [6.07, 6.45) is 1.42. The number of ether oxygens (including phenoxy) is 1. The van der Waals surface area contributed by atoms with Crippen LogP contribution in [0.5, 0.6) is 0 Å². The fraction of sp³-hybridized carbons (Fsp3) is 0.692. The minimum Gasteiger partial charge on any atom is -0.444 e. The molecule has 1 atom stereocenters. The minimum atomic E-state index is -0.459. The molecule has 1 saturated heterocycles. The number of aromatic amines is 1. The van der Waals surface area contributed by atoms with E-state index in [-0.39, 0.29) is 12.1 Å². The molecule has 1 aromatic rings. The second-order valence-electron chi connectivity index (χ2n) is 5.85. The van der Waals surface area contributed by atoms with Crippen molar-refractivity contribution in [2.45, 2.75) is 39.3 Å². The van der Waals surface area contributed by atoms with Crippen molar-refractivity contribution in [3.8, 4) is 0 Å². The van der Waals surface area contributed by atoms with Crippen molar-refractivity contribution < 1.29 is 9.53 Å². The summed E-state index contributed by atoms with van der Waals surface area (Å²) in [6.45, 7) is 9.61. The Balaban J connectivity index is 2.01. The van der Waals surface area contributed by atoms with E-state index in [4.69, 9.17) is 4.74 Å². The average Bonchev–Trinajstić information content (AvgIpc) is 2.73. The number of hydrogen-bond donors (Lipinski definition) is 2.